The van der Waals surface area contributed by atoms with E-state index in [9.17, 15) is 19.8 Å². The van der Waals surface area contributed by atoms with Crippen molar-refractivity contribution >= 4 is 11.9 Å². The number of rotatable bonds is 13. The molecule has 3 unspecified atom stereocenters. The van der Waals surface area contributed by atoms with Crippen molar-refractivity contribution in [2.75, 3.05) is 0 Å². The van der Waals surface area contributed by atoms with Gasteiger partial charge in [-0.15, -0.1) is 0 Å². The molecule has 25 heavy (non-hydrogen) atoms. The lowest BCUT2D eigenvalue weighted by Crippen LogP contribution is -2.29. The van der Waals surface area contributed by atoms with Gasteiger partial charge in [-0.1, -0.05) is 57.6 Å². The Kier molecular flexibility index (Phi) is 10.5. The molecule has 0 saturated heterocycles. The highest BCUT2D eigenvalue weighted by atomic mass is 16.4. The van der Waals surface area contributed by atoms with Gasteiger partial charge in [0.05, 0.1) is 11.8 Å². The van der Waals surface area contributed by atoms with Crippen LogP contribution in [0, 0.1) is 17.8 Å². The molecule has 4 heteroatoms. The Morgan fingerprint density at radius 1 is 1.00 bits per heavy atom. The molecular formula is C21H36O4. The smallest absolute Gasteiger partial charge is 0.310 e. The Bertz CT molecular complexity index is 441. The normalized spacial score (nSPS) is 18.2. The topological polar surface area (TPSA) is 74.6 Å². The van der Waals surface area contributed by atoms with E-state index in [0.717, 1.165) is 69.8 Å². The summed E-state index contributed by atoms with van der Waals surface area (Å²) in [4.78, 5) is 23.7. The highest BCUT2D eigenvalue weighted by molar-refractivity contribution is 5.74. The van der Waals surface area contributed by atoms with Crippen LogP contribution in [0.3, 0.4) is 0 Å². The van der Waals surface area contributed by atoms with Crippen LogP contribution in [0.4, 0.5) is 0 Å². The fourth-order valence-electron chi connectivity index (χ4n) is 4.08. The first-order valence-electron chi connectivity index (χ1n) is 10.2. The molecule has 1 aliphatic rings. The van der Waals surface area contributed by atoms with Crippen molar-refractivity contribution in [1.82, 2.24) is 0 Å². The van der Waals surface area contributed by atoms with Crippen LogP contribution in [0.5, 0.6) is 0 Å². The largest absolute Gasteiger partial charge is 0.481 e. The molecule has 0 aliphatic heterocycles. The van der Waals surface area contributed by atoms with E-state index in [1.807, 2.05) is 6.92 Å². The molecule has 0 amide bonds. The van der Waals surface area contributed by atoms with Crippen LogP contribution in [-0.2, 0) is 9.59 Å². The molecule has 0 saturated carbocycles. The van der Waals surface area contributed by atoms with Gasteiger partial charge in [0.2, 0.25) is 0 Å². The van der Waals surface area contributed by atoms with Crippen molar-refractivity contribution in [3.8, 4) is 0 Å². The first-order chi connectivity index (χ1) is 12.0. The van der Waals surface area contributed by atoms with Gasteiger partial charge in [-0.3, -0.25) is 9.59 Å². The summed E-state index contributed by atoms with van der Waals surface area (Å²) < 4.78 is 0. The maximum atomic E-state index is 11.9. The minimum absolute atomic E-state index is 0.0433. The van der Waals surface area contributed by atoms with Gasteiger partial charge in [0.15, 0.2) is 0 Å². The third-order valence-corrected chi connectivity index (χ3v) is 5.52. The van der Waals surface area contributed by atoms with Gasteiger partial charge >= 0.3 is 11.9 Å². The Balaban J connectivity index is 2.88. The lowest BCUT2D eigenvalue weighted by Gasteiger charge is -2.28. The summed E-state index contributed by atoms with van der Waals surface area (Å²) in [6.45, 7) is 4.16. The van der Waals surface area contributed by atoms with Crippen molar-refractivity contribution in [2.45, 2.75) is 90.9 Å². The predicted molar refractivity (Wildman–Crippen MR) is 101 cm³/mol. The monoisotopic (exact) mass is 352 g/mol. The van der Waals surface area contributed by atoms with E-state index in [-0.39, 0.29) is 5.92 Å². The fraction of sp³-hybridized carbons (Fsp3) is 0.810. The number of allylic oxidation sites excluding steroid dienone is 1. The average Bonchev–Trinajstić information content (AvgIpc) is 2.59. The number of unbranched alkanes of at least 4 members (excludes halogenated alkanes) is 3. The third kappa shape index (κ3) is 7.62. The molecule has 1 aliphatic carbocycles. The van der Waals surface area contributed by atoms with E-state index < -0.39 is 23.8 Å². The van der Waals surface area contributed by atoms with Crippen LogP contribution >= 0.6 is 0 Å². The van der Waals surface area contributed by atoms with Gasteiger partial charge in [-0.25, -0.2) is 0 Å². The Morgan fingerprint density at radius 3 is 2.28 bits per heavy atom. The quantitative estimate of drug-likeness (QED) is 0.331. The van der Waals surface area contributed by atoms with Crippen molar-refractivity contribution < 1.29 is 19.8 Å². The van der Waals surface area contributed by atoms with E-state index in [1.165, 1.54) is 0 Å². The zero-order valence-electron chi connectivity index (χ0n) is 16.0. The Labute approximate surface area is 152 Å². The first kappa shape index (κ1) is 21.7. The van der Waals surface area contributed by atoms with Gasteiger partial charge < -0.3 is 10.2 Å². The van der Waals surface area contributed by atoms with Crippen LogP contribution < -0.4 is 0 Å². The molecule has 4 nitrogen and oxygen atoms in total. The summed E-state index contributed by atoms with van der Waals surface area (Å²) in [6, 6.07) is 0. The number of carboxylic acid groups (broad SMARTS) is 2. The number of hydrogen-bond acceptors (Lipinski definition) is 2. The summed E-state index contributed by atoms with van der Waals surface area (Å²) in [7, 11) is 0. The Hall–Kier alpha value is -1.32. The van der Waals surface area contributed by atoms with E-state index in [0.29, 0.717) is 12.8 Å². The maximum Gasteiger partial charge on any atom is 0.310 e. The zero-order chi connectivity index (χ0) is 18.7. The van der Waals surface area contributed by atoms with E-state index in [4.69, 9.17) is 0 Å². The molecule has 0 aromatic rings. The molecule has 0 aromatic heterocycles. The minimum atomic E-state index is -0.785. The van der Waals surface area contributed by atoms with Crippen LogP contribution in [0.1, 0.15) is 90.9 Å². The predicted octanol–water partition coefficient (Wildman–Crippen LogP) is 5.67. The van der Waals surface area contributed by atoms with E-state index in [1.54, 1.807) is 0 Å². The molecule has 144 valence electrons. The van der Waals surface area contributed by atoms with Crippen molar-refractivity contribution in [3.63, 3.8) is 0 Å². The second-order valence-electron chi connectivity index (χ2n) is 7.49. The first-order valence-corrected chi connectivity index (χ1v) is 10.2. The molecule has 1 rings (SSSR count). The van der Waals surface area contributed by atoms with Gasteiger partial charge in [0.1, 0.15) is 0 Å². The molecule has 3 atom stereocenters. The van der Waals surface area contributed by atoms with E-state index >= 15 is 0 Å². The third-order valence-electron chi connectivity index (χ3n) is 5.52. The second kappa shape index (κ2) is 12.1. The van der Waals surface area contributed by atoms with Crippen LogP contribution in [0.25, 0.3) is 0 Å². The zero-order valence-corrected chi connectivity index (χ0v) is 16.0. The number of hydrogen-bond donors (Lipinski definition) is 2. The number of carboxylic acids is 2. The number of aliphatic carboxylic acids is 2. The van der Waals surface area contributed by atoms with Gasteiger partial charge in [-0.2, -0.15) is 0 Å². The summed E-state index contributed by atoms with van der Waals surface area (Å²) in [6.07, 6.45) is 13.2. The maximum absolute atomic E-state index is 11.9. The fourth-order valence-corrected chi connectivity index (χ4v) is 4.08. The standard InChI is InChI=1S/C21H36O4/c1-3-5-6-8-14-17(18(11-4-2)20(22)23)15-19(21(24)25)16-12-9-7-10-13-16/h12,17-19H,3-11,13-15H2,1-2H3,(H,22,23)(H,24,25). The molecule has 0 heterocycles. The summed E-state index contributed by atoms with van der Waals surface area (Å²) in [5.41, 5.74) is 1.03. The van der Waals surface area contributed by atoms with Crippen molar-refractivity contribution in [2.24, 2.45) is 17.8 Å². The molecule has 0 spiro atoms. The van der Waals surface area contributed by atoms with Crippen molar-refractivity contribution in [3.05, 3.63) is 11.6 Å². The SMILES string of the molecule is CCCCCCC(CC(C(=O)O)C1=CCCCC1)C(CCC)C(=O)O. The van der Waals surface area contributed by atoms with Crippen LogP contribution in [-0.4, -0.2) is 22.2 Å². The lowest BCUT2D eigenvalue weighted by molar-refractivity contribution is -0.147. The molecule has 0 fully saturated rings. The number of carbonyl (C=O) groups is 2. The summed E-state index contributed by atoms with van der Waals surface area (Å²) >= 11 is 0. The highest BCUT2D eigenvalue weighted by Gasteiger charge is 2.33. The van der Waals surface area contributed by atoms with Gasteiger partial charge in [0, 0.05) is 0 Å². The van der Waals surface area contributed by atoms with Gasteiger partial charge in [-0.05, 0) is 50.9 Å². The van der Waals surface area contributed by atoms with Gasteiger partial charge in [0.25, 0.3) is 0 Å². The second-order valence-corrected chi connectivity index (χ2v) is 7.49. The van der Waals surface area contributed by atoms with E-state index in [2.05, 4.69) is 13.0 Å². The van der Waals surface area contributed by atoms with Crippen molar-refractivity contribution in [1.29, 1.82) is 0 Å². The Morgan fingerprint density at radius 2 is 1.76 bits per heavy atom. The minimum Gasteiger partial charge on any atom is -0.481 e. The molecule has 2 N–H and O–H groups in total. The molecule has 0 radical (unpaired) electrons. The molecule has 0 aromatic carbocycles. The summed E-state index contributed by atoms with van der Waals surface area (Å²) in [5.74, 6) is -2.51. The van der Waals surface area contributed by atoms with Crippen LogP contribution in [0.15, 0.2) is 11.6 Å². The summed E-state index contributed by atoms with van der Waals surface area (Å²) in [5, 5.41) is 19.4. The molecule has 0 bridgehead atoms. The average molecular weight is 353 g/mol. The molecular weight excluding hydrogens is 316 g/mol. The van der Waals surface area contributed by atoms with Crippen LogP contribution in [0.2, 0.25) is 0 Å². The highest BCUT2D eigenvalue weighted by Crippen LogP contribution is 2.35. The lowest BCUT2D eigenvalue weighted by atomic mass is 9.75.